The Hall–Kier alpha value is -3.09. The molecule has 1 aliphatic heterocycles. The molecule has 3 aromatic rings. The summed E-state index contributed by atoms with van der Waals surface area (Å²) in [5.41, 5.74) is 3.19. The first-order chi connectivity index (χ1) is 13.5. The Morgan fingerprint density at radius 1 is 1.25 bits per heavy atom. The molecule has 0 unspecified atom stereocenters. The molecule has 0 saturated heterocycles. The molecule has 7 heteroatoms. The van der Waals surface area contributed by atoms with E-state index in [1.54, 1.807) is 12.1 Å². The van der Waals surface area contributed by atoms with Gasteiger partial charge in [0, 0.05) is 41.8 Å². The second-order valence-electron chi connectivity index (χ2n) is 7.00. The van der Waals surface area contributed by atoms with Crippen molar-refractivity contribution in [3.8, 4) is 0 Å². The molecule has 1 amide bonds. The van der Waals surface area contributed by atoms with E-state index in [9.17, 15) is 13.6 Å². The zero-order valence-corrected chi connectivity index (χ0v) is 15.4. The Kier molecular flexibility index (Phi) is 4.66. The molecule has 1 atom stereocenters. The number of fused-ring (bicyclic) bond motifs is 1. The van der Waals surface area contributed by atoms with Gasteiger partial charge in [-0.2, -0.15) is 8.78 Å². The van der Waals surface area contributed by atoms with Crippen LogP contribution in [0.15, 0.2) is 55.1 Å². The summed E-state index contributed by atoms with van der Waals surface area (Å²) in [5.74, 6) is -4.81. The van der Waals surface area contributed by atoms with Crippen LogP contribution in [-0.4, -0.2) is 20.4 Å². The Morgan fingerprint density at radius 3 is 2.75 bits per heavy atom. The SMILES string of the molecule is Cc1ncn2c1[C@H](c1ccc(NC(=O)C(F)(F)c3cccnc3)cc1)CCC2. The molecule has 1 N–H and O–H groups in total. The Labute approximate surface area is 161 Å². The van der Waals surface area contributed by atoms with Crippen molar-refractivity contribution in [3.63, 3.8) is 0 Å². The van der Waals surface area contributed by atoms with Crippen molar-refractivity contribution in [2.45, 2.75) is 38.2 Å². The normalized spacial score (nSPS) is 16.5. The molecule has 0 spiro atoms. The number of aromatic nitrogens is 3. The molecule has 3 heterocycles. The maximum atomic E-state index is 14.3. The molecule has 1 aliphatic rings. The van der Waals surface area contributed by atoms with Gasteiger partial charge in [0.2, 0.25) is 0 Å². The summed E-state index contributed by atoms with van der Waals surface area (Å²) >= 11 is 0. The van der Waals surface area contributed by atoms with E-state index in [1.165, 1.54) is 24.0 Å². The van der Waals surface area contributed by atoms with E-state index in [0.29, 0.717) is 5.69 Å². The lowest BCUT2D eigenvalue weighted by Gasteiger charge is -2.25. The van der Waals surface area contributed by atoms with Gasteiger partial charge in [-0.3, -0.25) is 9.78 Å². The maximum absolute atomic E-state index is 14.3. The number of carbonyl (C=O) groups is 1. The number of hydrogen-bond donors (Lipinski definition) is 1. The van der Waals surface area contributed by atoms with Crippen LogP contribution >= 0.6 is 0 Å². The lowest BCUT2D eigenvalue weighted by atomic mass is 9.87. The van der Waals surface area contributed by atoms with Crippen LogP contribution in [0.25, 0.3) is 0 Å². The van der Waals surface area contributed by atoms with Crippen molar-refractivity contribution < 1.29 is 13.6 Å². The summed E-state index contributed by atoms with van der Waals surface area (Å²) < 4.78 is 30.8. The van der Waals surface area contributed by atoms with Gasteiger partial charge < -0.3 is 9.88 Å². The van der Waals surface area contributed by atoms with Gasteiger partial charge in [-0.05, 0) is 49.6 Å². The summed E-state index contributed by atoms with van der Waals surface area (Å²) in [7, 11) is 0. The van der Waals surface area contributed by atoms with Crippen LogP contribution in [0.5, 0.6) is 0 Å². The molecule has 0 aliphatic carbocycles. The number of carbonyl (C=O) groups excluding carboxylic acids is 1. The lowest BCUT2D eigenvalue weighted by Crippen LogP contribution is -2.32. The van der Waals surface area contributed by atoms with Crippen LogP contribution in [0, 0.1) is 6.92 Å². The number of nitrogens with one attached hydrogen (secondary N) is 1. The quantitative estimate of drug-likeness (QED) is 0.734. The average molecular weight is 382 g/mol. The fourth-order valence-corrected chi connectivity index (χ4v) is 3.74. The molecule has 0 fully saturated rings. The Balaban J connectivity index is 1.52. The van der Waals surface area contributed by atoms with Crippen molar-refractivity contribution in [2.75, 3.05) is 5.32 Å². The standard InChI is InChI=1S/C21H20F2N4O/c1-14-19-18(5-3-11-27(19)13-25-14)15-6-8-17(9-7-15)26-20(28)21(22,23)16-4-2-10-24-12-16/h2,4,6-10,12-13,18H,3,5,11H2,1H3,(H,26,28)/t18-/m0/s1. The maximum Gasteiger partial charge on any atom is 0.351 e. The molecule has 28 heavy (non-hydrogen) atoms. The third-order valence-corrected chi connectivity index (χ3v) is 5.17. The van der Waals surface area contributed by atoms with Crippen molar-refractivity contribution in [1.82, 2.24) is 14.5 Å². The molecule has 2 aromatic heterocycles. The van der Waals surface area contributed by atoms with E-state index in [0.717, 1.165) is 36.8 Å². The van der Waals surface area contributed by atoms with Crippen LogP contribution < -0.4 is 5.32 Å². The molecule has 4 rings (SSSR count). The molecule has 5 nitrogen and oxygen atoms in total. The van der Waals surface area contributed by atoms with Gasteiger partial charge in [0.1, 0.15) is 0 Å². The smallest absolute Gasteiger partial charge is 0.334 e. The zero-order chi connectivity index (χ0) is 19.7. The zero-order valence-electron chi connectivity index (χ0n) is 15.4. The minimum Gasteiger partial charge on any atom is -0.334 e. The third kappa shape index (κ3) is 3.28. The summed E-state index contributed by atoms with van der Waals surface area (Å²) in [6, 6.07) is 9.65. The van der Waals surface area contributed by atoms with Gasteiger partial charge in [-0.15, -0.1) is 0 Å². The van der Waals surface area contributed by atoms with Gasteiger partial charge in [0.25, 0.3) is 5.91 Å². The highest BCUT2D eigenvalue weighted by Gasteiger charge is 2.41. The molecule has 0 radical (unpaired) electrons. The number of aryl methyl sites for hydroxylation is 2. The lowest BCUT2D eigenvalue weighted by molar-refractivity contribution is -0.141. The van der Waals surface area contributed by atoms with Crippen LogP contribution in [0.3, 0.4) is 0 Å². The first kappa shape index (κ1) is 18.3. The minimum atomic E-state index is -3.65. The summed E-state index contributed by atoms with van der Waals surface area (Å²) in [6.07, 6.45) is 6.32. The van der Waals surface area contributed by atoms with E-state index in [4.69, 9.17) is 0 Å². The van der Waals surface area contributed by atoms with Gasteiger partial charge in [0.05, 0.1) is 12.0 Å². The topological polar surface area (TPSA) is 59.8 Å². The second-order valence-corrected chi connectivity index (χ2v) is 7.00. The Bertz CT molecular complexity index is 983. The predicted octanol–water partition coefficient (Wildman–Crippen LogP) is 4.24. The third-order valence-electron chi connectivity index (χ3n) is 5.17. The average Bonchev–Trinajstić information content (AvgIpc) is 3.10. The number of pyridine rings is 1. The van der Waals surface area contributed by atoms with Gasteiger partial charge in [0.15, 0.2) is 0 Å². The number of nitrogens with zero attached hydrogens (tertiary/aromatic N) is 3. The number of amides is 1. The summed E-state index contributed by atoms with van der Waals surface area (Å²) in [4.78, 5) is 20.2. The molecule has 144 valence electrons. The van der Waals surface area contributed by atoms with Gasteiger partial charge in [-0.1, -0.05) is 12.1 Å². The Morgan fingerprint density at radius 2 is 2.04 bits per heavy atom. The van der Waals surface area contributed by atoms with E-state index >= 15 is 0 Å². The van der Waals surface area contributed by atoms with E-state index < -0.39 is 17.4 Å². The predicted molar refractivity (Wildman–Crippen MR) is 101 cm³/mol. The highest BCUT2D eigenvalue weighted by Crippen LogP contribution is 2.35. The first-order valence-electron chi connectivity index (χ1n) is 9.18. The fraction of sp³-hybridized carbons (Fsp3) is 0.286. The highest BCUT2D eigenvalue weighted by atomic mass is 19.3. The van der Waals surface area contributed by atoms with Gasteiger partial charge in [-0.25, -0.2) is 4.98 Å². The fourth-order valence-electron chi connectivity index (χ4n) is 3.74. The van der Waals surface area contributed by atoms with Crippen LogP contribution in [0.2, 0.25) is 0 Å². The van der Waals surface area contributed by atoms with Crippen LogP contribution in [0.1, 0.15) is 41.3 Å². The van der Waals surface area contributed by atoms with E-state index in [1.807, 2.05) is 25.4 Å². The van der Waals surface area contributed by atoms with E-state index in [2.05, 4.69) is 19.9 Å². The molecular weight excluding hydrogens is 362 g/mol. The van der Waals surface area contributed by atoms with Crippen molar-refractivity contribution in [2.24, 2.45) is 0 Å². The minimum absolute atomic E-state index is 0.220. The summed E-state index contributed by atoms with van der Waals surface area (Å²) in [5, 5.41) is 2.30. The number of halogens is 2. The first-order valence-corrected chi connectivity index (χ1v) is 9.18. The highest BCUT2D eigenvalue weighted by molar-refractivity contribution is 5.96. The number of anilines is 1. The molecule has 1 aromatic carbocycles. The van der Waals surface area contributed by atoms with E-state index in [-0.39, 0.29) is 5.92 Å². The van der Waals surface area contributed by atoms with Crippen LogP contribution in [-0.2, 0) is 17.3 Å². The van der Waals surface area contributed by atoms with Crippen molar-refractivity contribution >= 4 is 11.6 Å². The molecule has 0 bridgehead atoms. The number of rotatable bonds is 4. The number of benzene rings is 1. The molecular formula is C21H20F2N4O. The molecule has 0 saturated carbocycles. The van der Waals surface area contributed by atoms with Crippen molar-refractivity contribution in [1.29, 1.82) is 0 Å². The number of hydrogen-bond acceptors (Lipinski definition) is 3. The monoisotopic (exact) mass is 382 g/mol. The largest absolute Gasteiger partial charge is 0.351 e. The van der Waals surface area contributed by atoms with Crippen LogP contribution in [0.4, 0.5) is 14.5 Å². The van der Waals surface area contributed by atoms with Crippen molar-refractivity contribution in [3.05, 3.63) is 77.6 Å². The van der Waals surface area contributed by atoms with Gasteiger partial charge >= 0.3 is 5.92 Å². The number of imidazole rings is 1. The second kappa shape index (κ2) is 7.14. The summed E-state index contributed by atoms with van der Waals surface area (Å²) in [6.45, 7) is 2.96. The number of alkyl halides is 2.